The van der Waals surface area contributed by atoms with Crippen LogP contribution in [0.15, 0.2) is 53.4 Å². The van der Waals surface area contributed by atoms with Crippen molar-refractivity contribution in [3.8, 4) is 5.75 Å². The molecule has 0 amide bonds. The van der Waals surface area contributed by atoms with E-state index in [0.717, 1.165) is 46.6 Å². The van der Waals surface area contributed by atoms with Crippen molar-refractivity contribution >= 4 is 49.6 Å². The smallest absolute Gasteiger partial charge is 0.417 e. The summed E-state index contributed by atoms with van der Waals surface area (Å²) in [4.78, 5) is 0.351. The molecule has 0 fully saturated rings. The SMILES string of the molecule is CCCCCSP(=O)(OCC)Oc1ccc2cc3cc(S(=O)(=O)CCC)ccc3cc2c1. The summed E-state index contributed by atoms with van der Waals surface area (Å²) in [5.41, 5.74) is 0. The molecule has 0 spiro atoms. The van der Waals surface area contributed by atoms with Crippen LogP contribution in [0.3, 0.4) is 0 Å². The van der Waals surface area contributed by atoms with Gasteiger partial charge in [-0.15, -0.1) is 0 Å². The molecule has 32 heavy (non-hydrogen) atoms. The van der Waals surface area contributed by atoms with Crippen LogP contribution in [-0.4, -0.2) is 26.5 Å². The molecule has 1 atom stereocenters. The van der Waals surface area contributed by atoms with Gasteiger partial charge in [-0.1, -0.05) is 38.8 Å². The van der Waals surface area contributed by atoms with Crippen LogP contribution in [0.5, 0.6) is 5.75 Å². The largest absolute Gasteiger partial charge is 0.440 e. The molecule has 0 saturated carbocycles. The Morgan fingerprint density at radius 1 is 0.844 bits per heavy atom. The first kappa shape index (κ1) is 25.1. The minimum atomic E-state index is -3.29. The molecule has 0 aliphatic rings. The van der Waals surface area contributed by atoms with E-state index >= 15 is 0 Å². The van der Waals surface area contributed by atoms with Crippen molar-refractivity contribution in [1.29, 1.82) is 0 Å². The zero-order valence-corrected chi connectivity index (χ0v) is 21.4. The van der Waals surface area contributed by atoms with E-state index in [1.165, 1.54) is 11.4 Å². The highest BCUT2D eigenvalue weighted by molar-refractivity contribution is 8.55. The fraction of sp³-hybridized carbons (Fsp3) is 0.417. The first-order valence-corrected chi connectivity index (χ1v) is 15.9. The second kappa shape index (κ2) is 11.1. The van der Waals surface area contributed by atoms with Gasteiger partial charge in [-0.2, -0.15) is 0 Å². The number of rotatable bonds is 12. The summed E-state index contributed by atoms with van der Waals surface area (Å²) in [6, 6.07) is 14.7. The summed E-state index contributed by atoms with van der Waals surface area (Å²) >= 11 is 1.25. The van der Waals surface area contributed by atoms with Gasteiger partial charge in [0.25, 0.3) is 0 Å². The van der Waals surface area contributed by atoms with Crippen LogP contribution in [0.2, 0.25) is 0 Å². The third-order valence-electron chi connectivity index (χ3n) is 5.07. The van der Waals surface area contributed by atoms with Crippen LogP contribution in [0.1, 0.15) is 46.5 Å². The lowest BCUT2D eigenvalue weighted by atomic mass is 10.0. The van der Waals surface area contributed by atoms with Crippen molar-refractivity contribution in [3.05, 3.63) is 48.5 Å². The normalized spacial score (nSPS) is 14.0. The molecule has 3 rings (SSSR count). The molecule has 1 unspecified atom stereocenters. The molecule has 0 heterocycles. The van der Waals surface area contributed by atoms with E-state index in [2.05, 4.69) is 6.92 Å². The molecule has 0 aliphatic heterocycles. The Balaban J connectivity index is 1.89. The quantitative estimate of drug-likeness (QED) is 0.146. The topological polar surface area (TPSA) is 69.7 Å². The molecule has 3 aromatic rings. The molecule has 0 aromatic heterocycles. The minimum Gasteiger partial charge on any atom is -0.417 e. The van der Waals surface area contributed by atoms with Gasteiger partial charge in [0, 0.05) is 5.75 Å². The predicted molar refractivity (Wildman–Crippen MR) is 136 cm³/mol. The monoisotopic (exact) mass is 494 g/mol. The van der Waals surface area contributed by atoms with E-state index in [4.69, 9.17) is 9.05 Å². The predicted octanol–water partition coefficient (Wildman–Crippen LogP) is 7.62. The van der Waals surface area contributed by atoms with E-state index in [0.29, 0.717) is 23.7 Å². The first-order valence-electron chi connectivity index (χ1n) is 11.1. The van der Waals surface area contributed by atoms with Crippen molar-refractivity contribution in [2.24, 2.45) is 0 Å². The van der Waals surface area contributed by atoms with Crippen LogP contribution in [0.25, 0.3) is 21.5 Å². The Labute approximate surface area is 195 Å². The van der Waals surface area contributed by atoms with Crippen molar-refractivity contribution < 1.29 is 22.0 Å². The second-order valence-electron chi connectivity index (χ2n) is 7.69. The first-order chi connectivity index (χ1) is 15.3. The van der Waals surface area contributed by atoms with E-state index in [1.807, 2.05) is 44.2 Å². The van der Waals surface area contributed by atoms with Gasteiger partial charge < -0.3 is 4.52 Å². The average Bonchev–Trinajstić information content (AvgIpc) is 2.75. The van der Waals surface area contributed by atoms with Crippen molar-refractivity contribution in [2.75, 3.05) is 18.1 Å². The Morgan fingerprint density at radius 2 is 1.53 bits per heavy atom. The van der Waals surface area contributed by atoms with E-state index in [1.54, 1.807) is 18.2 Å². The third kappa shape index (κ3) is 6.28. The second-order valence-corrected chi connectivity index (χ2v) is 13.9. The zero-order chi connectivity index (χ0) is 23.2. The highest BCUT2D eigenvalue weighted by Crippen LogP contribution is 2.60. The van der Waals surface area contributed by atoms with Gasteiger partial charge in [0.15, 0.2) is 9.84 Å². The Kier molecular flexibility index (Phi) is 8.68. The molecule has 0 radical (unpaired) electrons. The maximum Gasteiger partial charge on any atom is 0.440 e. The Hall–Kier alpha value is -1.53. The maximum absolute atomic E-state index is 13.1. The molecule has 0 aliphatic carbocycles. The summed E-state index contributed by atoms with van der Waals surface area (Å²) in [6.07, 6.45) is 3.75. The summed E-state index contributed by atoms with van der Waals surface area (Å²) in [7, 11) is -3.27. The fourth-order valence-corrected chi connectivity index (χ4v) is 8.29. The molecule has 0 bridgehead atoms. The number of hydrogen-bond donors (Lipinski definition) is 0. The Bertz CT molecular complexity index is 1220. The minimum absolute atomic E-state index is 0.142. The molecular formula is C24H31O5PS2. The van der Waals surface area contributed by atoms with Gasteiger partial charge in [0.05, 0.1) is 17.3 Å². The zero-order valence-electron chi connectivity index (χ0n) is 18.9. The third-order valence-corrected chi connectivity index (χ3v) is 10.8. The van der Waals surface area contributed by atoms with Crippen molar-refractivity contribution in [3.63, 3.8) is 0 Å². The van der Waals surface area contributed by atoms with Crippen molar-refractivity contribution in [2.45, 2.75) is 51.3 Å². The van der Waals surface area contributed by atoms with Gasteiger partial charge in [-0.25, -0.2) is 13.0 Å². The lowest BCUT2D eigenvalue weighted by Crippen LogP contribution is -2.05. The molecule has 5 nitrogen and oxygen atoms in total. The molecule has 3 aromatic carbocycles. The number of sulfone groups is 1. The average molecular weight is 495 g/mol. The molecule has 0 saturated heterocycles. The number of hydrogen-bond acceptors (Lipinski definition) is 6. The van der Waals surface area contributed by atoms with Gasteiger partial charge in [0.1, 0.15) is 5.75 Å². The van der Waals surface area contributed by atoms with Gasteiger partial charge >= 0.3 is 6.80 Å². The molecule has 8 heteroatoms. The van der Waals surface area contributed by atoms with Crippen LogP contribution in [0, 0.1) is 0 Å². The van der Waals surface area contributed by atoms with Crippen LogP contribution in [-0.2, 0) is 18.9 Å². The fourth-order valence-electron chi connectivity index (χ4n) is 3.50. The van der Waals surface area contributed by atoms with E-state index in [-0.39, 0.29) is 5.75 Å². The van der Waals surface area contributed by atoms with Gasteiger partial charge in [0.2, 0.25) is 0 Å². The number of benzene rings is 3. The van der Waals surface area contributed by atoms with Crippen LogP contribution in [0.4, 0.5) is 0 Å². The lowest BCUT2D eigenvalue weighted by Gasteiger charge is -2.18. The summed E-state index contributed by atoms with van der Waals surface area (Å²) in [6.45, 7) is 2.83. The van der Waals surface area contributed by atoms with E-state index < -0.39 is 16.6 Å². The molecule has 0 N–H and O–H groups in total. The van der Waals surface area contributed by atoms with Crippen molar-refractivity contribution in [1.82, 2.24) is 0 Å². The summed E-state index contributed by atoms with van der Waals surface area (Å²) < 4.78 is 49.3. The molecular weight excluding hydrogens is 463 g/mol. The number of fused-ring (bicyclic) bond motifs is 2. The lowest BCUT2D eigenvalue weighted by molar-refractivity contribution is 0.296. The van der Waals surface area contributed by atoms with Gasteiger partial charge in [-0.3, -0.25) is 4.52 Å². The van der Waals surface area contributed by atoms with Gasteiger partial charge in [-0.05, 0) is 89.1 Å². The molecule has 174 valence electrons. The maximum atomic E-state index is 13.1. The van der Waals surface area contributed by atoms with Crippen LogP contribution < -0.4 is 4.52 Å². The number of unbranched alkanes of at least 4 members (excludes halogenated alkanes) is 2. The highest BCUT2D eigenvalue weighted by Gasteiger charge is 2.26. The standard InChI is InChI=1S/C24H31O5PS2/c1-4-7-8-13-31-30(25,28-6-3)29-23-11-9-19-16-22-18-24(32(26,27)14-5-2)12-10-20(22)15-21(19)17-23/h9-12,15-18H,4-8,13-14H2,1-3H3. The van der Waals surface area contributed by atoms with E-state index in [9.17, 15) is 13.0 Å². The Morgan fingerprint density at radius 3 is 2.19 bits per heavy atom. The summed E-state index contributed by atoms with van der Waals surface area (Å²) in [5.74, 6) is 1.37. The highest BCUT2D eigenvalue weighted by atomic mass is 32.7. The van der Waals surface area contributed by atoms with Crippen LogP contribution >= 0.6 is 18.2 Å². The summed E-state index contributed by atoms with van der Waals surface area (Å²) in [5, 5.41) is 3.69.